The lowest BCUT2D eigenvalue weighted by Crippen LogP contribution is -2.39. The first kappa shape index (κ1) is 24.9. The lowest BCUT2D eigenvalue weighted by Gasteiger charge is -2.12. The molecule has 1 aromatic heterocycles. The highest BCUT2D eigenvalue weighted by molar-refractivity contribution is 14.0. The van der Waals surface area contributed by atoms with Crippen LogP contribution in [0.5, 0.6) is 0 Å². The SMILES string of the molecule is CCNC(=NCCCCn1ccccc1=O)NCCOCCC(C)C.I. The summed E-state index contributed by atoms with van der Waals surface area (Å²) in [5.41, 5.74) is 0.0541. The molecule has 0 aromatic carbocycles. The first-order chi connectivity index (χ1) is 12.1. The quantitative estimate of drug-likeness (QED) is 0.210. The summed E-state index contributed by atoms with van der Waals surface area (Å²) < 4.78 is 7.34. The molecule has 0 aliphatic rings. The van der Waals surface area contributed by atoms with E-state index in [1.165, 1.54) is 0 Å². The zero-order valence-corrected chi connectivity index (χ0v) is 18.7. The fraction of sp³-hybridized carbons (Fsp3) is 0.684. The molecule has 0 atom stereocenters. The van der Waals surface area contributed by atoms with Gasteiger partial charge in [0.15, 0.2) is 5.96 Å². The van der Waals surface area contributed by atoms with Crippen molar-refractivity contribution in [3.05, 3.63) is 34.7 Å². The zero-order chi connectivity index (χ0) is 18.3. The minimum atomic E-state index is 0. The van der Waals surface area contributed by atoms with Gasteiger partial charge in [-0.3, -0.25) is 9.79 Å². The van der Waals surface area contributed by atoms with Crippen molar-refractivity contribution < 1.29 is 4.74 Å². The molecular formula is C19H35IN4O2. The summed E-state index contributed by atoms with van der Waals surface area (Å²) in [6, 6.07) is 5.24. The smallest absolute Gasteiger partial charge is 0.250 e. The third-order valence-electron chi connectivity index (χ3n) is 3.70. The Morgan fingerprint density at radius 1 is 1.23 bits per heavy atom. The fourth-order valence-corrected chi connectivity index (χ4v) is 2.23. The summed E-state index contributed by atoms with van der Waals surface area (Å²) in [6.07, 6.45) is 4.81. The average molecular weight is 478 g/mol. The van der Waals surface area contributed by atoms with Gasteiger partial charge in [0.25, 0.3) is 0 Å². The number of halogens is 1. The van der Waals surface area contributed by atoms with Gasteiger partial charge in [-0.05, 0) is 38.2 Å². The molecule has 0 amide bonds. The number of nitrogens with one attached hydrogen (secondary N) is 2. The molecule has 1 aromatic rings. The Morgan fingerprint density at radius 2 is 2.04 bits per heavy atom. The maximum Gasteiger partial charge on any atom is 0.250 e. The monoisotopic (exact) mass is 478 g/mol. The third kappa shape index (κ3) is 12.3. The lowest BCUT2D eigenvalue weighted by molar-refractivity contribution is 0.128. The van der Waals surface area contributed by atoms with Crippen LogP contribution in [0.2, 0.25) is 0 Å². The molecule has 0 saturated carbocycles. The molecule has 0 spiro atoms. The molecule has 0 unspecified atom stereocenters. The van der Waals surface area contributed by atoms with Gasteiger partial charge in [-0.1, -0.05) is 19.9 Å². The Kier molecular flexibility index (Phi) is 15.4. The van der Waals surface area contributed by atoms with Crippen molar-refractivity contribution in [2.75, 3.05) is 32.8 Å². The van der Waals surface area contributed by atoms with Crippen LogP contribution in [0.1, 0.15) is 40.0 Å². The van der Waals surface area contributed by atoms with E-state index in [1.807, 2.05) is 12.3 Å². The summed E-state index contributed by atoms with van der Waals surface area (Å²) >= 11 is 0. The van der Waals surface area contributed by atoms with Gasteiger partial charge in [-0.25, -0.2) is 0 Å². The molecule has 0 radical (unpaired) electrons. The normalized spacial score (nSPS) is 11.3. The molecule has 0 aliphatic carbocycles. The number of unbranched alkanes of at least 4 members (excludes halogenated alkanes) is 1. The van der Waals surface area contributed by atoms with Crippen LogP contribution < -0.4 is 16.2 Å². The topological polar surface area (TPSA) is 67.7 Å². The second kappa shape index (κ2) is 16.1. The third-order valence-corrected chi connectivity index (χ3v) is 3.70. The predicted molar refractivity (Wildman–Crippen MR) is 120 cm³/mol. The summed E-state index contributed by atoms with van der Waals surface area (Å²) in [7, 11) is 0. The summed E-state index contributed by atoms with van der Waals surface area (Å²) in [4.78, 5) is 16.2. The van der Waals surface area contributed by atoms with Crippen LogP contribution in [0.25, 0.3) is 0 Å². The van der Waals surface area contributed by atoms with E-state index in [4.69, 9.17) is 4.74 Å². The van der Waals surface area contributed by atoms with Crippen molar-refractivity contribution in [1.29, 1.82) is 0 Å². The van der Waals surface area contributed by atoms with Crippen molar-refractivity contribution in [2.24, 2.45) is 10.9 Å². The number of nitrogens with zero attached hydrogens (tertiary/aromatic N) is 2. The van der Waals surface area contributed by atoms with Crippen molar-refractivity contribution in [3.8, 4) is 0 Å². The van der Waals surface area contributed by atoms with E-state index in [9.17, 15) is 4.79 Å². The average Bonchev–Trinajstić information content (AvgIpc) is 2.58. The van der Waals surface area contributed by atoms with E-state index in [2.05, 4.69) is 36.4 Å². The van der Waals surface area contributed by atoms with Gasteiger partial charge in [0.1, 0.15) is 0 Å². The number of aromatic nitrogens is 1. The second-order valence-corrected chi connectivity index (χ2v) is 6.42. The standard InChI is InChI=1S/C19H34N4O2.HI/c1-4-20-19(22-12-16-25-15-10-17(2)3)21-11-6-8-14-23-13-7-5-9-18(23)24;/h5,7,9,13,17H,4,6,8,10-12,14-16H2,1-3H3,(H2,20,21,22);1H. The number of aliphatic imine (C=N–C) groups is 1. The highest BCUT2D eigenvalue weighted by Crippen LogP contribution is 1.98. The van der Waals surface area contributed by atoms with E-state index in [0.29, 0.717) is 12.5 Å². The van der Waals surface area contributed by atoms with Gasteiger partial charge >= 0.3 is 0 Å². The summed E-state index contributed by atoms with van der Waals surface area (Å²) in [6.45, 7) is 11.0. The van der Waals surface area contributed by atoms with Crippen LogP contribution in [0.4, 0.5) is 0 Å². The van der Waals surface area contributed by atoms with Crippen molar-refractivity contribution in [3.63, 3.8) is 0 Å². The second-order valence-electron chi connectivity index (χ2n) is 6.42. The van der Waals surface area contributed by atoms with Crippen molar-refractivity contribution in [1.82, 2.24) is 15.2 Å². The Hall–Kier alpha value is -1.09. The molecule has 0 bridgehead atoms. The Labute approximate surface area is 174 Å². The van der Waals surface area contributed by atoms with Crippen LogP contribution in [0.3, 0.4) is 0 Å². The van der Waals surface area contributed by atoms with Crippen LogP contribution >= 0.6 is 24.0 Å². The Balaban J connectivity index is 0.00000625. The Morgan fingerprint density at radius 3 is 2.73 bits per heavy atom. The highest BCUT2D eigenvalue weighted by atomic mass is 127. The maximum absolute atomic E-state index is 11.6. The number of ether oxygens (including phenoxy) is 1. The van der Waals surface area contributed by atoms with Gasteiger partial charge in [0.2, 0.25) is 5.56 Å². The largest absolute Gasteiger partial charge is 0.380 e. The number of pyridine rings is 1. The molecule has 0 fully saturated rings. The van der Waals surface area contributed by atoms with Crippen molar-refractivity contribution in [2.45, 2.75) is 46.6 Å². The molecule has 150 valence electrons. The van der Waals surface area contributed by atoms with Gasteiger partial charge in [0, 0.05) is 45.0 Å². The van der Waals surface area contributed by atoms with Gasteiger partial charge in [-0.15, -0.1) is 24.0 Å². The van der Waals surface area contributed by atoms with Gasteiger partial charge in [0.05, 0.1) is 6.61 Å². The minimum Gasteiger partial charge on any atom is -0.380 e. The van der Waals surface area contributed by atoms with Crippen LogP contribution in [0.15, 0.2) is 34.2 Å². The molecular weight excluding hydrogens is 443 g/mol. The lowest BCUT2D eigenvalue weighted by atomic mass is 10.1. The van der Waals surface area contributed by atoms with Crippen molar-refractivity contribution >= 4 is 29.9 Å². The van der Waals surface area contributed by atoms with Crippen LogP contribution in [-0.2, 0) is 11.3 Å². The highest BCUT2D eigenvalue weighted by Gasteiger charge is 1.98. The molecule has 1 rings (SSSR count). The first-order valence-electron chi connectivity index (χ1n) is 9.39. The number of aryl methyl sites for hydroxylation is 1. The van der Waals surface area contributed by atoms with Crippen LogP contribution in [-0.4, -0.2) is 43.4 Å². The van der Waals surface area contributed by atoms with Gasteiger partial charge in [-0.2, -0.15) is 0 Å². The van der Waals surface area contributed by atoms with E-state index >= 15 is 0 Å². The maximum atomic E-state index is 11.6. The molecule has 0 aliphatic heterocycles. The molecule has 1 heterocycles. The molecule has 6 nitrogen and oxygen atoms in total. The number of guanidine groups is 1. The fourth-order valence-electron chi connectivity index (χ4n) is 2.23. The van der Waals surface area contributed by atoms with E-state index < -0.39 is 0 Å². The molecule has 0 saturated heterocycles. The number of rotatable bonds is 12. The van der Waals surface area contributed by atoms with E-state index in [1.54, 1.807) is 16.7 Å². The molecule has 7 heteroatoms. The summed E-state index contributed by atoms with van der Waals surface area (Å²) in [5.74, 6) is 1.51. The summed E-state index contributed by atoms with van der Waals surface area (Å²) in [5, 5.41) is 6.52. The molecule has 26 heavy (non-hydrogen) atoms. The Bertz CT molecular complexity index is 546. The van der Waals surface area contributed by atoms with E-state index in [-0.39, 0.29) is 29.5 Å². The first-order valence-corrected chi connectivity index (χ1v) is 9.39. The minimum absolute atomic E-state index is 0. The number of hydrogen-bond acceptors (Lipinski definition) is 3. The predicted octanol–water partition coefficient (Wildman–Crippen LogP) is 2.86. The van der Waals surface area contributed by atoms with E-state index in [0.717, 1.165) is 58.0 Å². The number of hydrogen-bond donors (Lipinski definition) is 2. The van der Waals surface area contributed by atoms with Gasteiger partial charge < -0.3 is 19.9 Å². The van der Waals surface area contributed by atoms with Crippen LogP contribution in [0, 0.1) is 5.92 Å². The molecule has 2 N–H and O–H groups in total. The zero-order valence-electron chi connectivity index (χ0n) is 16.4.